The average molecular weight is 271 g/mol. The molecule has 0 aliphatic carbocycles. The van der Waals surface area contributed by atoms with Crippen LogP contribution >= 0.6 is 11.6 Å². The third-order valence-electron chi connectivity index (χ3n) is 2.96. The van der Waals surface area contributed by atoms with Gasteiger partial charge in [0.1, 0.15) is 0 Å². The summed E-state index contributed by atoms with van der Waals surface area (Å²) < 4.78 is 4.98. The fourth-order valence-corrected chi connectivity index (χ4v) is 2.18. The number of esters is 1. The summed E-state index contributed by atoms with van der Waals surface area (Å²) in [5.74, 6) is -0.897. The number of carbonyl (C=O) groups is 1. The van der Waals surface area contributed by atoms with Crippen LogP contribution in [0.5, 0.6) is 0 Å². The van der Waals surface area contributed by atoms with E-state index >= 15 is 0 Å². The number of benzene rings is 1. The van der Waals surface area contributed by atoms with E-state index in [1.807, 2.05) is 13.8 Å². The number of ether oxygens (including phenoxy) is 1. The highest BCUT2D eigenvalue weighted by molar-refractivity contribution is 6.30. The average Bonchev–Trinajstić information content (AvgIpc) is 2.29. The Balaban J connectivity index is 2.96. The lowest BCUT2D eigenvalue weighted by Gasteiger charge is -2.21. The van der Waals surface area contributed by atoms with E-state index in [1.165, 1.54) is 0 Å². The van der Waals surface area contributed by atoms with E-state index in [4.69, 9.17) is 16.3 Å². The van der Waals surface area contributed by atoms with Crippen LogP contribution < -0.4 is 0 Å². The highest BCUT2D eigenvalue weighted by Crippen LogP contribution is 2.29. The first kappa shape index (κ1) is 15.0. The van der Waals surface area contributed by atoms with Gasteiger partial charge in [0.05, 0.1) is 18.6 Å². The zero-order valence-corrected chi connectivity index (χ0v) is 11.7. The molecule has 100 valence electrons. The van der Waals surface area contributed by atoms with E-state index in [2.05, 4.69) is 0 Å². The lowest BCUT2D eigenvalue weighted by molar-refractivity contribution is -0.152. The number of aliphatic hydroxyl groups is 1. The monoisotopic (exact) mass is 270 g/mol. The number of aliphatic hydroxyl groups excluding tert-OH is 1. The summed E-state index contributed by atoms with van der Waals surface area (Å²) in [6.45, 7) is 5.80. The summed E-state index contributed by atoms with van der Waals surface area (Å²) in [7, 11) is 0. The molecule has 18 heavy (non-hydrogen) atoms. The Hall–Kier alpha value is -1.06. The van der Waals surface area contributed by atoms with Crippen molar-refractivity contribution < 1.29 is 14.6 Å². The van der Waals surface area contributed by atoms with Crippen LogP contribution in [-0.4, -0.2) is 17.7 Å². The Kier molecular flexibility index (Phi) is 5.63. The molecule has 0 aliphatic rings. The van der Waals surface area contributed by atoms with Crippen molar-refractivity contribution in [3.8, 4) is 0 Å². The lowest BCUT2D eigenvalue weighted by Crippen LogP contribution is -2.24. The second kappa shape index (κ2) is 6.76. The molecular weight excluding hydrogens is 252 g/mol. The Morgan fingerprint density at radius 3 is 2.61 bits per heavy atom. The van der Waals surface area contributed by atoms with E-state index in [1.54, 1.807) is 25.1 Å². The van der Waals surface area contributed by atoms with Crippen molar-refractivity contribution in [3.63, 3.8) is 0 Å². The van der Waals surface area contributed by atoms with Crippen LogP contribution in [0.4, 0.5) is 0 Å². The van der Waals surface area contributed by atoms with Gasteiger partial charge in [0.2, 0.25) is 0 Å². The van der Waals surface area contributed by atoms with E-state index in [-0.39, 0.29) is 5.97 Å². The van der Waals surface area contributed by atoms with Crippen LogP contribution in [0, 0.1) is 12.8 Å². The van der Waals surface area contributed by atoms with Crippen molar-refractivity contribution in [2.75, 3.05) is 6.61 Å². The third-order valence-corrected chi connectivity index (χ3v) is 3.20. The maximum Gasteiger partial charge on any atom is 0.311 e. The van der Waals surface area contributed by atoms with E-state index in [0.717, 1.165) is 11.1 Å². The zero-order chi connectivity index (χ0) is 13.7. The fraction of sp³-hybridized carbons (Fsp3) is 0.500. The number of hydrogen-bond donors (Lipinski definition) is 1. The molecule has 2 atom stereocenters. The molecule has 2 unspecified atom stereocenters. The summed E-state index contributed by atoms with van der Waals surface area (Å²) in [4.78, 5) is 11.8. The van der Waals surface area contributed by atoms with Crippen molar-refractivity contribution in [1.82, 2.24) is 0 Å². The Morgan fingerprint density at radius 2 is 2.11 bits per heavy atom. The maximum absolute atomic E-state index is 11.8. The predicted molar refractivity (Wildman–Crippen MR) is 71.6 cm³/mol. The largest absolute Gasteiger partial charge is 0.466 e. The Labute approximate surface area is 113 Å². The molecule has 3 nitrogen and oxygen atoms in total. The normalized spacial score (nSPS) is 14.1. The summed E-state index contributed by atoms with van der Waals surface area (Å²) in [6, 6.07) is 5.24. The first-order chi connectivity index (χ1) is 8.51. The van der Waals surface area contributed by atoms with Gasteiger partial charge >= 0.3 is 5.97 Å². The number of carbonyl (C=O) groups excluding carboxylic acids is 1. The molecule has 1 rings (SSSR count). The van der Waals surface area contributed by atoms with Gasteiger partial charge in [-0.05, 0) is 43.5 Å². The molecule has 0 bridgehead atoms. The Morgan fingerprint density at radius 1 is 1.44 bits per heavy atom. The molecular formula is C14H19ClO3. The van der Waals surface area contributed by atoms with Crippen molar-refractivity contribution >= 4 is 17.6 Å². The second-order valence-electron chi connectivity index (χ2n) is 4.21. The molecule has 4 heteroatoms. The second-order valence-corrected chi connectivity index (χ2v) is 4.65. The van der Waals surface area contributed by atoms with Crippen molar-refractivity contribution in [1.29, 1.82) is 0 Å². The van der Waals surface area contributed by atoms with Gasteiger partial charge in [0.15, 0.2) is 0 Å². The number of aryl methyl sites for hydroxylation is 1. The van der Waals surface area contributed by atoms with Gasteiger partial charge in [-0.25, -0.2) is 0 Å². The van der Waals surface area contributed by atoms with Crippen molar-refractivity contribution in [2.45, 2.75) is 33.3 Å². The SMILES string of the molecule is CCOC(=O)C(CC)C(O)c1ccc(Cl)cc1C. The van der Waals surface area contributed by atoms with Crippen LogP contribution in [-0.2, 0) is 9.53 Å². The molecule has 0 aliphatic heterocycles. The Bertz CT molecular complexity index is 418. The molecule has 1 N–H and O–H groups in total. The number of hydrogen-bond acceptors (Lipinski definition) is 3. The van der Waals surface area contributed by atoms with E-state index in [9.17, 15) is 9.90 Å². The first-order valence-electron chi connectivity index (χ1n) is 6.12. The standard InChI is InChI=1S/C14H19ClO3/c1-4-11(14(17)18-5-2)13(16)12-7-6-10(15)8-9(12)3/h6-8,11,13,16H,4-5H2,1-3H3. The van der Waals surface area contributed by atoms with Gasteiger partial charge in [-0.15, -0.1) is 0 Å². The van der Waals surface area contributed by atoms with Crippen LogP contribution in [0.3, 0.4) is 0 Å². The highest BCUT2D eigenvalue weighted by atomic mass is 35.5. The maximum atomic E-state index is 11.8. The summed E-state index contributed by atoms with van der Waals surface area (Å²) >= 11 is 5.87. The van der Waals surface area contributed by atoms with Gasteiger partial charge in [-0.3, -0.25) is 4.79 Å². The topological polar surface area (TPSA) is 46.5 Å². The van der Waals surface area contributed by atoms with Crippen molar-refractivity contribution in [3.05, 3.63) is 34.3 Å². The molecule has 0 amide bonds. The highest BCUT2D eigenvalue weighted by Gasteiger charge is 2.28. The van der Waals surface area contributed by atoms with Gasteiger partial charge in [0, 0.05) is 5.02 Å². The minimum atomic E-state index is -0.855. The summed E-state index contributed by atoms with van der Waals surface area (Å²) in [6.07, 6.45) is -0.325. The van der Waals surface area contributed by atoms with Gasteiger partial charge in [-0.2, -0.15) is 0 Å². The molecule has 1 aromatic carbocycles. The third kappa shape index (κ3) is 3.47. The molecule has 0 heterocycles. The molecule has 0 saturated carbocycles. The van der Waals surface area contributed by atoms with Gasteiger partial charge in [0.25, 0.3) is 0 Å². The van der Waals surface area contributed by atoms with Crippen LogP contribution in [0.2, 0.25) is 5.02 Å². The fourth-order valence-electron chi connectivity index (χ4n) is 1.96. The molecule has 1 aromatic rings. The minimum Gasteiger partial charge on any atom is -0.466 e. The van der Waals surface area contributed by atoms with Crippen LogP contribution in [0.15, 0.2) is 18.2 Å². The van der Waals surface area contributed by atoms with E-state index < -0.39 is 12.0 Å². The molecule has 0 aromatic heterocycles. The quantitative estimate of drug-likeness (QED) is 0.836. The predicted octanol–water partition coefficient (Wildman–Crippen LogP) is 3.27. The van der Waals surface area contributed by atoms with Gasteiger partial charge in [-0.1, -0.05) is 24.6 Å². The molecule has 0 spiro atoms. The lowest BCUT2D eigenvalue weighted by atomic mass is 9.91. The van der Waals surface area contributed by atoms with Gasteiger partial charge < -0.3 is 9.84 Å². The minimum absolute atomic E-state index is 0.321. The smallest absolute Gasteiger partial charge is 0.311 e. The first-order valence-corrected chi connectivity index (χ1v) is 6.49. The molecule has 0 fully saturated rings. The molecule has 0 radical (unpaired) electrons. The van der Waals surface area contributed by atoms with Crippen LogP contribution in [0.25, 0.3) is 0 Å². The zero-order valence-electron chi connectivity index (χ0n) is 10.9. The van der Waals surface area contributed by atoms with Crippen molar-refractivity contribution in [2.24, 2.45) is 5.92 Å². The van der Waals surface area contributed by atoms with E-state index in [0.29, 0.717) is 18.1 Å². The summed E-state index contributed by atoms with van der Waals surface area (Å²) in [5.41, 5.74) is 1.59. The van der Waals surface area contributed by atoms with Crippen LogP contribution in [0.1, 0.15) is 37.5 Å². The number of rotatable bonds is 5. The summed E-state index contributed by atoms with van der Waals surface area (Å²) in [5, 5.41) is 10.9. The molecule has 0 saturated heterocycles. The number of halogens is 1.